The van der Waals surface area contributed by atoms with E-state index in [-0.39, 0.29) is 16.5 Å². The van der Waals surface area contributed by atoms with Crippen molar-refractivity contribution in [3.05, 3.63) is 28.8 Å². The zero-order valence-corrected chi connectivity index (χ0v) is 12.2. The zero-order chi connectivity index (χ0) is 15.1. The lowest BCUT2D eigenvalue weighted by Gasteiger charge is -2.13. The summed E-state index contributed by atoms with van der Waals surface area (Å²) in [6, 6.07) is 4.25. The van der Waals surface area contributed by atoms with Crippen LogP contribution in [-0.2, 0) is 9.53 Å². The van der Waals surface area contributed by atoms with Gasteiger partial charge in [-0.15, -0.1) is 0 Å². The van der Waals surface area contributed by atoms with E-state index in [4.69, 9.17) is 21.4 Å². The third-order valence-electron chi connectivity index (χ3n) is 2.70. The number of anilines is 1. The van der Waals surface area contributed by atoms with Crippen LogP contribution in [-0.4, -0.2) is 29.7 Å². The first-order valence-electron chi connectivity index (χ1n) is 6.41. The van der Waals surface area contributed by atoms with E-state index in [1.807, 2.05) is 6.92 Å². The van der Waals surface area contributed by atoms with Gasteiger partial charge in [0.25, 0.3) is 5.91 Å². The van der Waals surface area contributed by atoms with Crippen molar-refractivity contribution in [1.29, 1.82) is 0 Å². The molecule has 0 saturated carbocycles. The number of rotatable bonds is 7. The van der Waals surface area contributed by atoms with Crippen LogP contribution in [0.15, 0.2) is 18.2 Å². The van der Waals surface area contributed by atoms with Crippen molar-refractivity contribution in [2.24, 2.45) is 0 Å². The number of benzene rings is 1. The van der Waals surface area contributed by atoms with Gasteiger partial charge in [0.05, 0.1) is 10.6 Å². The highest BCUT2D eigenvalue weighted by atomic mass is 35.5. The minimum absolute atomic E-state index is 0.00286. The Morgan fingerprint density at radius 3 is 2.70 bits per heavy atom. The van der Waals surface area contributed by atoms with Crippen LogP contribution in [0.1, 0.15) is 37.0 Å². The SMILES string of the molecule is CCCCOC(C)C(=O)Nc1ccc(C(=O)O)c(Cl)c1. The summed E-state index contributed by atoms with van der Waals surface area (Å²) in [4.78, 5) is 22.7. The molecular formula is C14H18ClNO4. The predicted octanol–water partition coefficient (Wildman–Crippen LogP) is 3.18. The number of ether oxygens (including phenoxy) is 1. The van der Waals surface area contributed by atoms with E-state index < -0.39 is 12.1 Å². The van der Waals surface area contributed by atoms with Gasteiger partial charge >= 0.3 is 5.97 Å². The van der Waals surface area contributed by atoms with E-state index in [0.29, 0.717) is 12.3 Å². The maximum absolute atomic E-state index is 11.8. The van der Waals surface area contributed by atoms with Crippen molar-refractivity contribution in [3.63, 3.8) is 0 Å². The number of halogens is 1. The third kappa shape index (κ3) is 4.83. The standard InChI is InChI=1S/C14H18ClNO4/c1-3-4-7-20-9(2)13(17)16-10-5-6-11(14(18)19)12(15)8-10/h5-6,8-9H,3-4,7H2,1-2H3,(H,16,17)(H,18,19). The van der Waals surface area contributed by atoms with Gasteiger partial charge in [-0.3, -0.25) is 4.79 Å². The molecule has 5 nitrogen and oxygen atoms in total. The molecule has 0 radical (unpaired) electrons. The molecule has 0 aliphatic rings. The van der Waals surface area contributed by atoms with Crippen LogP contribution >= 0.6 is 11.6 Å². The van der Waals surface area contributed by atoms with Crippen molar-refractivity contribution in [1.82, 2.24) is 0 Å². The minimum Gasteiger partial charge on any atom is -0.478 e. The van der Waals surface area contributed by atoms with Crippen LogP contribution < -0.4 is 5.32 Å². The lowest BCUT2D eigenvalue weighted by Crippen LogP contribution is -2.28. The number of carboxylic acids is 1. The number of aromatic carboxylic acids is 1. The van der Waals surface area contributed by atoms with Crippen molar-refractivity contribution < 1.29 is 19.4 Å². The summed E-state index contributed by atoms with van der Waals surface area (Å²) in [7, 11) is 0. The average Bonchev–Trinajstić information content (AvgIpc) is 2.38. The molecule has 0 aliphatic heterocycles. The number of carbonyl (C=O) groups is 2. The highest BCUT2D eigenvalue weighted by Gasteiger charge is 2.15. The second-order valence-corrected chi connectivity index (χ2v) is 4.76. The number of carboxylic acid groups (broad SMARTS) is 1. The van der Waals surface area contributed by atoms with Crippen LogP contribution in [0, 0.1) is 0 Å². The normalized spacial score (nSPS) is 11.9. The fourth-order valence-electron chi connectivity index (χ4n) is 1.49. The summed E-state index contributed by atoms with van der Waals surface area (Å²) in [6.45, 7) is 4.24. The summed E-state index contributed by atoms with van der Waals surface area (Å²) in [5, 5.41) is 11.6. The molecule has 1 aromatic carbocycles. The second-order valence-electron chi connectivity index (χ2n) is 4.36. The number of unbranched alkanes of at least 4 members (excludes halogenated alkanes) is 1. The fraction of sp³-hybridized carbons (Fsp3) is 0.429. The Hall–Kier alpha value is -1.59. The van der Waals surface area contributed by atoms with Gasteiger partial charge in [-0.1, -0.05) is 24.9 Å². The van der Waals surface area contributed by atoms with E-state index >= 15 is 0 Å². The Bertz CT molecular complexity index is 490. The van der Waals surface area contributed by atoms with E-state index in [2.05, 4.69) is 5.32 Å². The molecule has 6 heteroatoms. The van der Waals surface area contributed by atoms with Gasteiger partial charge in [0, 0.05) is 12.3 Å². The van der Waals surface area contributed by atoms with Crippen LogP contribution in [0.2, 0.25) is 5.02 Å². The predicted molar refractivity (Wildman–Crippen MR) is 77.4 cm³/mol. The molecule has 0 bridgehead atoms. The average molecular weight is 300 g/mol. The van der Waals surface area contributed by atoms with Crippen LogP contribution in [0.25, 0.3) is 0 Å². The third-order valence-corrected chi connectivity index (χ3v) is 3.01. The molecule has 20 heavy (non-hydrogen) atoms. The summed E-state index contributed by atoms with van der Waals surface area (Å²) in [5.74, 6) is -1.40. The van der Waals surface area contributed by atoms with Crippen molar-refractivity contribution in [3.8, 4) is 0 Å². The molecule has 0 saturated heterocycles. The quantitative estimate of drug-likeness (QED) is 0.758. The topological polar surface area (TPSA) is 75.6 Å². The molecule has 1 unspecified atom stereocenters. The van der Waals surface area contributed by atoms with E-state index in [1.54, 1.807) is 6.92 Å². The molecule has 1 amide bonds. The van der Waals surface area contributed by atoms with Gasteiger partial charge in [-0.2, -0.15) is 0 Å². The Morgan fingerprint density at radius 2 is 2.15 bits per heavy atom. The molecular weight excluding hydrogens is 282 g/mol. The minimum atomic E-state index is -1.11. The van der Waals surface area contributed by atoms with Gasteiger partial charge in [0.15, 0.2) is 0 Å². The summed E-state index contributed by atoms with van der Waals surface area (Å²) >= 11 is 5.83. The molecule has 1 atom stereocenters. The van der Waals surface area contributed by atoms with Gasteiger partial charge in [-0.05, 0) is 31.5 Å². The Balaban J connectivity index is 2.62. The smallest absolute Gasteiger partial charge is 0.337 e. The first kappa shape index (κ1) is 16.5. The molecule has 0 fully saturated rings. The highest BCUT2D eigenvalue weighted by Crippen LogP contribution is 2.21. The van der Waals surface area contributed by atoms with E-state index in [1.165, 1.54) is 18.2 Å². The van der Waals surface area contributed by atoms with Crippen LogP contribution in [0.4, 0.5) is 5.69 Å². The number of hydrogen-bond acceptors (Lipinski definition) is 3. The summed E-state index contributed by atoms with van der Waals surface area (Å²) < 4.78 is 5.37. The van der Waals surface area contributed by atoms with Gasteiger partial charge in [0.1, 0.15) is 6.10 Å². The lowest BCUT2D eigenvalue weighted by molar-refractivity contribution is -0.126. The maximum atomic E-state index is 11.8. The van der Waals surface area contributed by atoms with Crippen molar-refractivity contribution >= 4 is 29.2 Å². The molecule has 2 N–H and O–H groups in total. The fourth-order valence-corrected chi connectivity index (χ4v) is 1.75. The van der Waals surface area contributed by atoms with Crippen molar-refractivity contribution in [2.45, 2.75) is 32.8 Å². The first-order chi connectivity index (χ1) is 9.45. The van der Waals surface area contributed by atoms with Crippen molar-refractivity contribution in [2.75, 3.05) is 11.9 Å². The highest BCUT2D eigenvalue weighted by molar-refractivity contribution is 6.33. The summed E-state index contributed by atoms with van der Waals surface area (Å²) in [5.41, 5.74) is 0.438. The van der Waals surface area contributed by atoms with E-state index in [9.17, 15) is 9.59 Å². The van der Waals surface area contributed by atoms with Gasteiger partial charge in [0.2, 0.25) is 0 Å². The summed E-state index contributed by atoms with van der Waals surface area (Å²) in [6.07, 6.45) is 1.33. The molecule has 1 aromatic rings. The maximum Gasteiger partial charge on any atom is 0.337 e. The Labute approximate surface area is 122 Å². The van der Waals surface area contributed by atoms with E-state index in [0.717, 1.165) is 12.8 Å². The monoisotopic (exact) mass is 299 g/mol. The largest absolute Gasteiger partial charge is 0.478 e. The van der Waals surface area contributed by atoms with Crippen LogP contribution in [0.3, 0.4) is 0 Å². The van der Waals surface area contributed by atoms with Gasteiger partial charge < -0.3 is 15.2 Å². The first-order valence-corrected chi connectivity index (χ1v) is 6.78. The number of hydrogen-bond donors (Lipinski definition) is 2. The van der Waals surface area contributed by atoms with Crippen LogP contribution in [0.5, 0.6) is 0 Å². The molecule has 0 heterocycles. The lowest BCUT2D eigenvalue weighted by atomic mass is 10.2. The Kier molecular flexibility index (Phi) is 6.48. The molecule has 0 spiro atoms. The van der Waals surface area contributed by atoms with Gasteiger partial charge in [-0.25, -0.2) is 4.79 Å². The second kappa shape index (κ2) is 7.87. The zero-order valence-electron chi connectivity index (χ0n) is 11.5. The molecule has 1 rings (SSSR count). The number of carbonyl (C=O) groups excluding carboxylic acids is 1. The molecule has 110 valence electrons. The molecule has 0 aliphatic carbocycles. The molecule has 0 aromatic heterocycles. The number of amides is 1. The number of nitrogens with one attached hydrogen (secondary N) is 1. The Morgan fingerprint density at radius 1 is 1.45 bits per heavy atom.